The molecule has 0 spiro atoms. The van der Waals surface area contributed by atoms with Crippen molar-refractivity contribution in [3.8, 4) is 11.4 Å². The van der Waals surface area contributed by atoms with Crippen LogP contribution in [-0.4, -0.2) is 29.3 Å². The van der Waals surface area contributed by atoms with Gasteiger partial charge in [-0.25, -0.2) is 4.98 Å². The first-order valence-corrected chi connectivity index (χ1v) is 5.78. The Morgan fingerprint density at radius 3 is 2.59 bits per heavy atom. The first kappa shape index (κ1) is 11.6. The van der Waals surface area contributed by atoms with Gasteiger partial charge in [0.25, 0.3) is 0 Å². The molecule has 0 radical (unpaired) electrons. The monoisotopic (exact) mass is 230 g/mol. The van der Waals surface area contributed by atoms with E-state index in [2.05, 4.69) is 46.1 Å². The van der Waals surface area contributed by atoms with Crippen LogP contribution in [0.3, 0.4) is 0 Å². The second-order valence-corrected chi connectivity index (χ2v) is 4.64. The number of hydrogen-bond acceptors (Lipinski definition) is 3. The van der Waals surface area contributed by atoms with Gasteiger partial charge in [-0.05, 0) is 12.1 Å². The molecule has 0 aliphatic rings. The topological polar surface area (TPSA) is 44.8 Å². The SMILES string of the molecule is CC(C)c1nc(-c2cccc(N(C)C)c2)n[nH]1. The summed E-state index contributed by atoms with van der Waals surface area (Å²) in [5.74, 6) is 2.06. The molecule has 1 aromatic carbocycles. The maximum atomic E-state index is 4.50. The zero-order valence-electron chi connectivity index (χ0n) is 10.7. The summed E-state index contributed by atoms with van der Waals surface area (Å²) in [6.07, 6.45) is 0. The standard InChI is InChI=1S/C13H18N4/c1-9(2)12-14-13(16-15-12)10-6-5-7-11(8-10)17(3)4/h5-9H,1-4H3,(H,14,15,16). The van der Waals surface area contributed by atoms with Crippen molar-refractivity contribution >= 4 is 5.69 Å². The number of nitrogens with one attached hydrogen (secondary N) is 1. The summed E-state index contributed by atoms with van der Waals surface area (Å²) in [6.45, 7) is 4.20. The molecule has 2 rings (SSSR count). The van der Waals surface area contributed by atoms with Gasteiger partial charge in [-0.1, -0.05) is 26.0 Å². The van der Waals surface area contributed by atoms with Crippen LogP contribution in [-0.2, 0) is 0 Å². The third kappa shape index (κ3) is 2.46. The van der Waals surface area contributed by atoms with E-state index in [1.54, 1.807) is 0 Å². The van der Waals surface area contributed by atoms with E-state index in [9.17, 15) is 0 Å². The summed E-state index contributed by atoms with van der Waals surface area (Å²) in [4.78, 5) is 6.56. The molecule has 0 saturated carbocycles. The van der Waals surface area contributed by atoms with E-state index in [0.717, 1.165) is 22.9 Å². The Hall–Kier alpha value is -1.84. The smallest absolute Gasteiger partial charge is 0.181 e. The molecular weight excluding hydrogens is 212 g/mol. The zero-order valence-corrected chi connectivity index (χ0v) is 10.7. The Labute approximate surface area is 102 Å². The Kier molecular flexibility index (Phi) is 3.13. The van der Waals surface area contributed by atoms with Crippen molar-refractivity contribution in [1.82, 2.24) is 15.2 Å². The van der Waals surface area contributed by atoms with Gasteiger partial charge in [-0.3, -0.25) is 5.10 Å². The lowest BCUT2D eigenvalue weighted by atomic mass is 10.2. The maximum absolute atomic E-state index is 4.50. The second-order valence-electron chi connectivity index (χ2n) is 4.64. The van der Waals surface area contributed by atoms with Crippen molar-refractivity contribution in [2.24, 2.45) is 0 Å². The van der Waals surface area contributed by atoms with Gasteiger partial charge >= 0.3 is 0 Å². The second kappa shape index (κ2) is 4.57. The van der Waals surface area contributed by atoms with Crippen LogP contribution in [0.4, 0.5) is 5.69 Å². The molecule has 90 valence electrons. The van der Waals surface area contributed by atoms with Crippen molar-refractivity contribution in [1.29, 1.82) is 0 Å². The molecule has 2 aromatic rings. The van der Waals surface area contributed by atoms with E-state index in [0.29, 0.717) is 5.92 Å². The lowest BCUT2D eigenvalue weighted by Crippen LogP contribution is -2.08. The normalized spacial score (nSPS) is 10.9. The van der Waals surface area contributed by atoms with Gasteiger partial charge in [0.15, 0.2) is 5.82 Å². The average molecular weight is 230 g/mol. The minimum absolute atomic E-state index is 0.369. The van der Waals surface area contributed by atoms with Gasteiger partial charge < -0.3 is 4.90 Å². The molecule has 0 aliphatic carbocycles. The summed E-state index contributed by atoms with van der Waals surface area (Å²) in [5, 5.41) is 7.23. The third-order valence-electron chi connectivity index (χ3n) is 2.67. The first-order chi connectivity index (χ1) is 8.08. The lowest BCUT2D eigenvalue weighted by molar-refractivity contribution is 0.781. The van der Waals surface area contributed by atoms with Crippen molar-refractivity contribution in [2.75, 3.05) is 19.0 Å². The molecule has 0 amide bonds. The molecule has 1 aromatic heterocycles. The van der Waals surface area contributed by atoms with Gasteiger partial charge in [-0.2, -0.15) is 5.10 Å². The van der Waals surface area contributed by atoms with Crippen LogP contribution in [0.1, 0.15) is 25.6 Å². The number of aromatic nitrogens is 3. The molecule has 0 atom stereocenters. The zero-order chi connectivity index (χ0) is 12.4. The molecule has 0 unspecified atom stereocenters. The predicted molar refractivity (Wildman–Crippen MR) is 70.2 cm³/mol. The van der Waals surface area contributed by atoms with Gasteiger partial charge in [0.05, 0.1) is 0 Å². The van der Waals surface area contributed by atoms with Gasteiger partial charge in [0, 0.05) is 31.3 Å². The highest BCUT2D eigenvalue weighted by atomic mass is 15.2. The van der Waals surface area contributed by atoms with Crippen LogP contribution < -0.4 is 4.90 Å². The number of H-pyrrole nitrogens is 1. The van der Waals surface area contributed by atoms with Crippen LogP contribution in [0, 0.1) is 0 Å². The Morgan fingerprint density at radius 1 is 1.24 bits per heavy atom. The fourth-order valence-corrected chi connectivity index (χ4v) is 1.58. The molecular formula is C13H18N4. The third-order valence-corrected chi connectivity index (χ3v) is 2.67. The fourth-order valence-electron chi connectivity index (χ4n) is 1.58. The van der Waals surface area contributed by atoms with Crippen molar-refractivity contribution in [3.63, 3.8) is 0 Å². The van der Waals surface area contributed by atoms with Gasteiger partial charge in [-0.15, -0.1) is 0 Å². The lowest BCUT2D eigenvalue weighted by Gasteiger charge is -2.12. The molecule has 0 bridgehead atoms. The molecule has 4 heteroatoms. The molecule has 17 heavy (non-hydrogen) atoms. The largest absolute Gasteiger partial charge is 0.378 e. The number of rotatable bonds is 3. The minimum atomic E-state index is 0.369. The molecule has 0 fully saturated rings. The van der Waals surface area contributed by atoms with E-state index in [-0.39, 0.29) is 0 Å². The van der Waals surface area contributed by atoms with Crippen LogP contribution >= 0.6 is 0 Å². The Balaban J connectivity index is 2.35. The van der Waals surface area contributed by atoms with Crippen LogP contribution in [0.2, 0.25) is 0 Å². The highest BCUT2D eigenvalue weighted by Crippen LogP contribution is 2.21. The van der Waals surface area contributed by atoms with E-state index < -0.39 is 0 Å². The number of aromatic amines is 1. The highest BCUT2D eigenvalue weighted by molar-refractivity contribution is 5.62. The summed E-state index contributed by atoms with van der Waals surface area (Å²) in [6, 6.07) is 8.21. The summed E-state index contributed by atoms with van der Waals surface area (Å²) in [7, 11) is 4.05. The number of anilines is 1. The van der Waals surface area contributed by atoms with Crippen LogP contribution in [0.25, 0.3) is 11.4 Å². The Morgan fingerprint density at radius 2 is 2.00 bits per heavy atom. The summed E-state index contributed by atoms with van der Waals surface area (Å²) < 4.78 is 0. The Bertz CT molecular complexity index is 500. The van der Waals surface area contributed by atoms with Crippen molar-refractivity contribution < 1.29 is 0 Å². The molecule has 4 nitrogen and oxygen atoms in total. The van der Waals surface area contributed by atoms with Gasteiger partial charge in [0.1, 0.15) is 5.82 Å². The minimum Gasteiger partial charge on any atom is -0.378 e. The van der Waals surface area contributed by atoms with E-state index in [4.69, 9.17) is 0 Å². The van der Waals surface area contributed by atoms with E-state index in [1.807, 2.05) is 26.2 Å². The molecule has 0 aliphatic heterocycles. The fraction of sp³-hybridized carbons (Fsp3) is 0.385. The van der Waals surface area contributed by atoms with Crippen molar-refractivity contribution in [2.45, 2.75) is 19.8 Å². The maximum Gasteiger partial charge on any atom is 0.181 e. The summed E-state index contributed by atoms with van der Waals surface area (Å²) in [5.41, 5.74) is 2.19. The number of benzene rings is 1. The van der Waals surface area contributed by atoms with Crippen LogP contribution in [0.5, 0.6) is 0 Å². The molecule has 0 saturated heterocycles. The highest BCUT2D eigenvalue weighted by Gasteiger charge is 2.09. The quantitative estimate of drug-likeness (QED) is 0.881. The molecule has 1 heterocycles. The average Bonchev–Trinajstić information content (AvgIpc) is 2.78. The predicted octanol–water partition coefficient (Wildman–Crippen LogP) is 2.66. The van der Waals surface area contributed by atoms with Gasteiger partial charge in [0.2, 0.25) is 0 Å². The number of nitrogens with zero attached hydrogens (tertiary/aromatic N) is 3. The summed E-state index contributed by atoms with van der Waals surface area (Å²) >= 11 is 0. The van der Waals surface area contributed by atoms with E-state index in [1.165, 1.54) is 0 Å². The van der Waals surface area contributed by atoms with Crippen molar-refractivity contribution in [3.05, 3.63) is 30.1 Å². The van der Waals surface area contributed by atoms with Crippen LogP contribution in [0.15, 0.2) is 24.3 Å². The first-order valence-electron chi connectivity index (χ1n) is 5.78. The molecule has 1 N–H and O–H groups in total. The number of hydrogen-bond donors (Lipinski definition) is 1. The van der Waals surface area contributed by atoms with E-state index >= 15 is 0 Å².